The van der Waals surface area contributed by atoms with Gasteiger partial charge < -0.3 is 4.90 Å². The smallest absolute Gasteiger partial charge is 0.207 e. The summed E-state index contributed by atoms with van der Waals surface area (Å²) in [6, 6.07) is 0. The molecule has 27 heavy (non-hydrogen) atoms. The lowest BCUT2D eigenvalue weighted by Crippen LogP contribution is -2.37. The first kappa shape index (κ1) is 26.0. The van der Waals surface area contributed by atoms with Gasteiger partial charge in [0.05, 0.1) is 0 Å². The van der Waals surface area contributed by atoms with Crippen LogP contribution >= 0.6 is 0 Å². The monoisotopic (exact) mass is 377 g/mol. The van der Waals surface area contributed by atoms with E-state index in [1.807, 2.05) is 6.19 Å². The fraction of sp³-hybridized carbons (Fsp3) is 0.917. The summed E-state index contributed by atoms with van der Waals surface area (Å²) in [7, 11) is 2.06. The van der Waals surface area contributed by atoms with Crippen molar-refractivity contribution in [3.05, 3.63) is 0 Å². The van der Waals surface area contributed by atoms with Gasteiger partial charge in [0.1, 0.15) is 5.84 Å². The molecule has 3 heteroatoms. The summed E-state index contributed by atoms with van der Waals surface area (Å²) in [6.45, 7) is 9.63. The molecule has 0 aliphatic carbocycles. The van der Waals surface area contributed by atoms with Crippen LogP contribution in [0.2, 0.25) is 0 Å². The number of nitriles is 1. The van der Waals surface area contributed by atoms with Crippen molar-refractivity contribution in [1.82, 2.24) is 4.90 Å². The van der Waals surface area contributed by atoms with Gasteiger partial charge in [-0.2, -0.15) is 10.3 Å². The summed E-state index contributed by atoms with van der Waals surface area (Å²) in [5.41, 5.74) is -0.0695. The predicted molar refractivity (Wildman–Crippen MR) is 120 cm³/mol. The minimum absolute atomic E-state index is 0.0695. The molecule has 158 valence electrons. The summed E-state index contributed by atoms with van der Waals surface area (Å²) in [4.78, 5) is 6.19. The van der Waals surface area contributed by atoms with Gasteiger partial charge >= 0.3 is 0 Å². The molecule has 0 atom stereocenters. The Morgan fingerprint density at radius 1 is 0.741 bits per heavy atom. The lowest BCUT2D eigenvalue weighted by molar-refractivity contribution is 0.410. The second-order valence-corrected chi connectivity index (χ2v) is 9.16. The Labute approximate surface area is 170 Å². The summed E-state index contributed by atoms with van der Waals surface area (Å²) in [5.74, 6) is 0.898. The van der Waals surface area contributed by atoms with Crippen molar-refractivity contribution >= 4 is 5.84 Å². The molecule has 0 fully saturated rings. The second-order valence-electron chi connectivity index (χ2n) is 9.16. The van der Waals surface area contributed by atoms with Crippen molar-refractivity contribution in [3.8, 4) is 6.19 Å². The maximum absolute atomic E-state index is 8.89. The highest BCUT2D eigenvalue weighted by atomic mass is 15.2. The molecule has 0 amide bonds. The minimum atomic E-state index is -0.0695. The van der Waals surface area contributed by atoms with Gasteiger partial charge in [0, 0.05) is 19.0 Å². The van der Waals surface area contributed by atoms with E-state index in [4.69, 9.17) is 5.26 Å². The van der Waals surface area contributed by atoms with E-state index in [-0.39, 0.29) is 5.41 Å². The average molecular weight is 378 g/mol. The number of rotatable bonds is 16. The van der Waals surface area contributed by atoms with Crippen molar-refractivity contribution in [2.75, 3.05) is 13.6 Å². The van der Waals surface area contributed by atoms with Crippen LogP contribution in [-0.2, 0) is 0 Å². The molecular weight excluding hydrogens is 330 g/mol. The van der Waals surface area contributed by atoms with E-state index in [1.165, 1.54) is 96.3 Å². The van der Waals surface area contributed by atoms with E-state index in [9.17, 15) is 0 Å². The molecule has 0 aliphatic heterocycles. The van der Waals surface area contributed by atoms with E-state index in [1.54, 1.807) is 0 Å². The van der Waals surface area contributed by atoms with Crippen LogP contribution in [-0.4, -0.2) is 24.3 Å². The number of nitrogens with zero attached hydrogens (tertiary/aromatic N) is 3. The highest BCUT2D eigenvalue weighted by Crippen LogP contribution is 2.19. The first-order valence-electron chi connectivity index (χ1n) is 11.6. The van der Waals surface area contributed by atoms with E-state index in [0.29, 0.717) is 0 Å². The third kappa shape index (κ3) is 15.7. The molecule has 0 bridgehead atoms. The number of hydrogen-bond donors (Lipinski definition) is 0. The zero-order valence-corrected chi connectivity index (χ0v) is 19.2. The van der Waals surface area contributed by atoms with Gasteiger partial charge in [-0.3, -0.25) is 0 Å². The third-order valence-electron chi connectivity index (χ3n) is 5.29. The molecule has 0 aromatic rings. The molecule has 0 heterocycles. The molecule has 0 unspecified atom stereocenters. The highest BCUT2D eigenvalue weighted by molar-refractivity contribution is 5.87. The summed E-state index contributed by atoms with van der Waals surface area (Å²) in [6.07, 6.45) is 22.8. The predicted octanol–water partition coefficient (Wildman–Crippen LogP) is 7.72. The summed E-state index contributed by atoms with van der Waals surface area (Å²) < 4.78 is 0. The van der Waals surface area contributed by atoms with Crippen molar-refractivity contribution < 1.29 is 0 Å². The van der Waals surface area contributed by atoms with E-state index >= 15 is 0 Å². The second kappa shape index (κ2) is 17.1. The molecular formula is C24H47N3. The highest BCUT2D eigenvalue weighted by Gasteiger charge is 2.22. The molecule has 3 nitrogen and oxygen atoms in total. The molecule has 0 rings (SSSR count). The van der Waals surface area contributed by atoms with Crippen molar-refractivity contribution in [1.29, 1.82) is 5.26 Å². The SMILES string of the molecule is CCCCCCCCCCCCCCCCCN(C)C(=NC#N)C(C)(C)C. The van der Waals surface area contributed by atoms with Gasteiger partial charge in [-0.25, -0.2) is 0 Å². The Morgan fingerprint density at radius 3 is 1.44 bits per heavy atom. The molecule has 0 saturated heterocycles. The van der Waals surface area contributed by atoms with Gasteiger partial charge in [-0.1, -0.05) is 118 Å². The van der Waals surface area contributed by atoms with Gasteiger partial charge in [0.15, 0.2) is 0 Å². The van der Waals surface area contributed by atoms with Crippen LogP contribution in [0.15, 0.2) is 4.99 Å². The molecule has 0 aromatic carbocycles. The van der Waals surface area contributed by atoms with Crippen molar-refractivity contribution in [3.63, 3.8) is 0 Å². The van der Waals surface area contributed by atoms with E-state index < -0.39 is 0 Å². The normalized spacial score (nSPS) is 12.2. The van der Waals surface area contributed by atoms with Gasteiger partial charge in [-0.05, 0) is 6.42 Å². The van der Waals surface area contributed by atoms with Crippen molar-refractivity contribution in [2.45, 2.75) is 124 Å². The number of hydrogen-bond acceptors (Lipinski definition) is 2. The van der Waals surface area contributed by atoms with Gasteiger partial charge in [-0.15, -0.1) is 0 Å². The topological polar surface area (TPSA) is 39.4 Å². The van der Waals surface area contributed by atoms with Crippen LogP contribution in [0.5, 0.6) is 0 Å². The number of aliphatic imine (C=N–C) groups is 1. The number of unbranched alkanes of at least 4 members (excludes halogenated alkanes) is 14. The fourth-order valence-corrected chi connectivity index (χ4v) is 3.70. The van der Waals surface area contributed by atoms with Crippen LogP contribution in [0, 0.1) is 16.9 Å². The maximum Gasteiger partial charge on any atom is 0.207 e. The summed E-state index contributed by atoms with van der Waals surface area (Å²) >= 11 is 0. The lowest BCUT2D eigenvalue weighted by Gasteiger charge is -2.29. The largest absolute Gasteiger partial charge is 0.362 e. The maximum atomic E-state index is 8.89. The zero-order valence-electron chi connectivity index (χ0n) is 19.2. The molecule has 0 aromatic heterocycles. The fourth-order valence-electron chi connectivity index (χ4n) is 3.70. The number of amidine groups is 1. The van der Waals surface area contributed by atoms with Crippen LogP contribution in [0.3, 0.4) is 0 Å². The van der Waals surface area contributed by atoms with Crippen molar-refractivity contribution in [2.24, 2.45) is 10.4 Å². The first-order valence-corrected chi connectivity index (χ1v) is 11.6. The Hall–Kier alpha value is -1.04. The Morgan fingerprint density at radius 2 is 1.11 bits per heavy atom. The van der Waals surface area contributed by atoms with Gasteiger partial charge in [0.25, 0.3) is 0 Å². The Kier molecular flexibility index (Phi) is 16.4. The van der Waals surface area contributed by atoms with Crippen LogP contribution in [0.25, 0.3) is 0 Å². The summed E-state index contributed by atoms with van der Waals surface area (Å²) in [5, 5.41) is 8.89. The average Bonchev–Trinajstić information content (AvgIpc) is 2.61. The van der Waals surface area contributed by atoms with E-state index in [2.05, 4.69) is 44.6 Å². The zero-order chi connectivity index (χ0) is 20.4. The molecule has 0 spiro atoms. The minimum Gasteiger partial charge on any atom is -0.362 e. The Bertz CT molecular complexity index is 401. The van der Waals surface area contributed by atoms with Crippen LogP contribution in [0.1, 0.15) is 124 Å². The first-order chi connectivity index (χ1) is 12.9. The standard InChI is InChI=1S/C24H47N3/c1-6-7-8-9-10-11-12-13-14-15-16-17-18-19-20-21-27(5)23(26-22-25)24(2,3)4/h6-21H2,1-5H3. The van der Waals surface area contributed by atoms with E-state index in [0.717, 1.165) is 12.4 Å². The van der Waals surface area contributed by atoms with Crippen LogP contribution in [0.4, 0.5) is 0 Å². The third-order valence-corrected chi connectivity index (χ3v) is 5.29. The molecule has 0 saturated carbocycles. The molecule has 0 radical (unpaired) electrons. The van der Waals surface area contributed by atoms with Crippen LogP contribution < -0.4 is 0 Å². The molecule has 0 aliphatic rings. The van der Waals surface area contributed by atoms with Gasteiger partial charge in [0.2, 0.25) is 6.19 Å². The Balaban J connectivity index is 3.47. The lowest BCUT2D eigenvalue weighted by atomic mass is 9.94. The molecule has 0 N–H and O–H groups in total. The quantitative estimate of drug-likeness (QED) is 0.119.